The number of carbonyl (C=O) groups excluding carboxylic acids is 1. The van der Waals surface area contributed by atoms with Crippen LogP contribution in [0.15, 0.2) is 76.6 Å². The molecule has 3 aromatic rings. The van der Waals surface area contributed by atoms with Gasteiger partial charge in [0.25, 0.3) is 0 Å². The number of aromatic nitrogens is 1. The highest BCUT2D eigenvalue weighted by atomic mass is 32.2. The summed E-state index contributed by atoms with van der Waals surface area (Å²) < 4.78 is 0. The summed E-state index contributed by atoms with van der Waals surface area (Å²) in [6.45, 7) is 5.65. The molecule has 0 aliphatic carbocycles. The van der Waals surface area contributed by atoms with Crippen molar-refractivity contribution in [3.05, 3.63) is 87.9 Å². The van der Waals surface area contributed by atoms with Crippen molar-refractivity contribution in [2.45, 2.75) is 31.3 Å². The molecule has 30 heavy (non-hydrogen) atoms. The Labute approximate surface area is 186 Å². The highest BCUT2D eigenvalue weighted by molar-refractivity contribution is 7.98. The van der Waals surface area contributed by atoms with E-state index in [0.717, 1.165) is 29.9 Å². The average Bonchev–Trinajstić information content (AvgIpc) is 3.26. The lowest BCUT2D eigenvalue weighted by atomic mass is 9.74. The fourth-order valence-electron chi connectivity index (χ4n) is 4.07. The number of likely N-dealkylation sites (tertiary alicyclic amines) is 1. The maximum absolute atomic E-state index is 13.6. The lowest BCUT2D eigenvalue weighted by Crippen LogP contribution is -2.48. The Morgan fingerprint density at radius 1 is 1.17 bits per heavy atom. The fraction of sp³-hybridized carbons (Fsp3) is 0.280. The number of ketones is 1. The molecule has 3 nitrogen and oxygen atoms in total. The van der Waals surface area contributed by atoms with E-state index < -0.39 is 5.41 Å². The van der Waals surface area contributed by atoms with Crippen molar-refractivity contribution < 1.29 is 4.79 Å². The average molecular weight is 435 g/mol. The van der Waals surface area contributed by atoms with Crippen LogP contribution in [0.2, 0.25) is 0 Å². The summed E-state index contributed by atoms with van der Waals surface area (Å²) >= 11 is 3.49. The number of Topliss-reactive ketones (excluding diaryl/α,β-unsaturated/α-hetero) is 1. The van der Waals surface area contributed by atoms with Gasteiger partial charge in [-0.25, -0.2) is 0 Å². The topological polar surface area (TPSA) is 33.2 Å². The first-order valence-corrected chi connectivity index (χ1v) is 12.2. The Morgan fingerprint density at radius 2 is 1.97 bits per heavy atom. The lowest BCUT2D eigenvalue weighted by Gasteiger charge is -2.44. The van der Waals surface area contributed by atoms with E-state index in [1.807, 2.05) is 24.3 Å². The van der Waals surface area contributed by atoms with E-state index >= 15 is 0 Å². The number of thioether (sulfide) groups is 1. The molecule has 1 aliphatic heterocycles. The van der Waals surface area contributed by atoms with E-state index in [4.69, 9.17) is 0 Å². The second kappa shape index (κ2) is 8.88. The highest BCUT2D eigenvalue weighted by Crippen LogP contribution is 2.42. The molecule has 1 fully saturated rings. The number of pyridine rings is 1. The number of hydrogen-bond acceptors (Lipinski definition) is 5. The van der Waals surface area contributed by atoms with Gasteiger partial charge >= 0.3 is 0 Å². The number of rotatable bonds is 5. The molecule has 1 aromatic carbocycles. The van der Waals surface area contributed by atoms with Crippen LogP contribution in [0.5, 0.6) is 0 Å². The van der Waals surface area contributed by atoms with E-state index in [-0.39, 0.29) is 11.8 Å². The van der Waals surface area contributed by atoms with Crippen molar-refractivity contribution in [1.29, 1.82) is 0 Å². The zero-order valence-electron chi connectivity index (χ0n) is 17.5. The van der Waals surface area contributed by atoms with Gasteiger partial charge in [0.1, 0.15) is 0 Å². The van der Waals surface area contributed by atoms with Crippen LogP contribution in [0, 0.1) is 5.41 Å². The van der Waals surface area contributed by atoms with Gasteiger partial charge in [-0.1, -0.05) is 38.1 Å². The summed E-state index contributed by atoms with van der Waals surface area (Å²) in [4.78, 5) is 23.0. The Bertz CT molecular complexity index is 1020. The van der Waals surface area contributed by atoms with E-state index in [2.05, 4.69) is 71.8 Å². The molecule has 0 N–H and O–H groups in total. The molecule has 2 aromatic heterocycles. The molecular weight excluding hydrogens is 408 g/mol. The van der Waals surface area contributed by atoms with Gasteiger partial charge in [-0.15, -0.1) is 23.1 Å². The Kier molecular flexibility index (Phi) is 6.23. The van der Waals surface area contributed by atoms with Crippen LogP contribution < -0.4 is 0 Å². The second-order valence-electron chi connectivity index (χ2n) is 8.23. The van der Waals surface area contributed by atoms with E-state index in [1.165, 1.54) is 9.77 Å². The Balaban J connectivity index is 1.83. The van der Waals surface area contributed by atoms with Crippen LogP contribution in [0.1, 0.15) is 36.0 Å². The first kappa shape index (κ1) is 21.0. The van der Waals surface area contributed by atoms with Crippen LogP contribution in [0.3, 0.4) is 0 Å². The van der Waals surface area contributed by atoms with Crippen molar-refractivity contribution in [1.82, 2.24) is 9.88 Å². The first-order chi connectivity index (χ1) is 14.5. The summed E-state index contributed by atoms with van der Waals surface area (Å²) in [7, 11) is 0. The Morgan fingerprint density at radius 3 is 2.60 bits per heavy atom. The monoisotopic (exact) mass is 434 g/mol. The van der Waals surface area contributed by atoms with Crippen molar-refractivity contribution in [2.24, 2.45) is 5.41 Å². The SMILES string of the molecule is CSc1ccc(C2/C(=C\c3ccccn3)C(=O)C(C)(C)CN2Cc2cccs2)cc1. The summed E-state index contributed by atoms with van der Waals surface area (Å²) in [6.07, 6.45) is 5.84. The molecule has 0 saturated carbocycles. The minimum Gasteiger partial charge on any atom is -0.294 e. The van der Waals surface area contributed by atoms with Gasteiger partial charge in [-0.2, -0.15) is 0 Å². The van der Waals surface area contributed by atoms with Crippen LogP contribution in [0.25, 0.3) is 6.08 Å². The normalized spacial score (nSPS) is 20.6. The largest absolute Gasteiger partial charge is 0.294 e. The molecule has 0 bridgehead atoms. The van der Waals surface area contributed by atoms with Crippen molar-refractivity contribution >= 4 is 35.0 Å². The summed E-state index contributed by atoms with van der Waals surface area (Å²) in [6, 6.07) is 18.6. The van der Waals surface area contributed by atoms with Gasteiger partial charge in [0.2, 0.25) is 0 Å². The molecule has 0 radical (unpaired) electrons. The van der Waals surface area contributed by atoms with E-state index in [9.17, 15) is 4.79 Å². The quantitative estimate of drug-likeness (QED) is 0.359. The molecule has 1 atom stereocenters. The van der Waals surface area contributed by atoms with Crippen molar-refractivity contribution in [2.75, 3.05) is 12.8 Å². The molecule has 154 valence electrons. The molecule has 1 saturated heterocycles. The van der Waals surface area contributed by atoms with E-state index in [0.29, 0.717) is 0 Å². The number of nitrogens with zero attached hydrogens (tertiary/aromatic N) is 2. The third-order valence-electron chi connectivity index (χ3n) is 5.50. The zero-order valence-corrected chi connectivity index (χ0v) is 19.2. The molecule has 5 heteroatoms. The van der Waals surface area contributed by atoms with Crippen LogP contribution >= 0.6 is 23.1 Å². The predicted octanol–water partition coefficient (Wildman–Crippen LogP) is 6.10. The molecule has 1 aliphatic rings. The summed E-state index contributed by atoms with van der Waals surface area (Å²) in [5, 5.41) is 2.11. The molecule has 4 rings (SSSR count). The third-order valence-corrected chi connectivity index (χ3v) is 7.10. The van der Waals surface area contributed by atoms with Gasteiger partial charge in [-0.3, -0.25) is 14.7 Å². The molecule has 0 spiro atoms. The number of benzene rings is 1. The minimum atomic E-state index is -0.451. The maximum atomic E-state index is 13.6. The number of carbonyl (C=O) groups is 1. The van der Waals surface area contributed by atoms with Crippen LogP contribution in [-0.4, -0.2) is 28.5 Å². The summed E-state index contributed by atoms with van der Waals surface area (Å²) in [5.41, 5.74) is 2.34. The fourth-order valence-corrected chi connectivity index (χ4v) is 5.21. The predicted molar refractivity (Wildman–Crippen MR) is 127 cm³/mol. The first-order valence-electron chi connectivity index (χ1n) is 10.1. The standard InChI is InChI=1S/C25H26N2OS2/c1-25(2)17-27(16-21-8-6-14-30-21)23(18-9-11-20(29-3)12-10-18)22(24(25)28)15-19-7-4-5-13-26-19/h4-15,23H,16-17H2,1-3H3/b22-15+. The van der Waals surface area contributed by atoms with Gasteiger partial charge in [0.15, 0.2) is 5.78 Å². The van der Waals surface area contributed by atoms with E-state index in [1.54, 1.807) is 29.3 Å². The molecule has 0 amide bonds. The minimum absolute atomic E-state index is 0.0921. The molecule has 1 unspecified atom stereocenters. The third kappa shape index (κ3) is 4.43. The second-order valence-corrected chi connectivity index (χ2v) is 10.1. The van der Waals surface area contributed by atoms with Crippen molar-refractivity contribution in [3.63, 3.8) is 0 Å². The highest BCUT2D eigenvalue weighted by Gasteiger charge is 2.44. The lowest BCUT2D eigenvalue weighted by molar-refractivity contribution is -0.128. The maximum Gasteiger partial charge on any atom is 0.167 e. The smallest absolute Gasteiger partial charge is 0.167 e. The van der Waals surface area contributed by atoms with Crippen molar-refractivity contribution in [3.8, 4) is 0 Å². The van der Waals surface area contributed by atoms with Gasteiger partial charge in [0, 0.05) is 40.0 Å². The van der Waals surface area contributed by atoms with Crippen LogP contribution in [0.4, 0.5) is 0 Å². The molecular formula is C25H26N2OS2. The van der Waals surface area contributed by atoms with Gasteiger partial charge in [-0.05, 0) is 53.6 Å². The Hall–Kier alpha value is -2.21. The van der Waals surface area contributed by atoms with Crippen LogP contribution in [-0.2, 0) is 11.3 Å². The number of piperidine rings is 1. The van der Waals surface area contributed by atoms with Gasteiger partial charge < -0.3 is 0 Å². The number of thiophene rings is 1. The zero-order chi connectivity index (χ0) is 21.1. The number of hydrogen-bond donors (Lipinski definition) is 0. The summed E-state index contributed by atoms with van der Waals surface area (Å²) in [5.74, 6) is 0.203. The molecule has 3 heterocycles. The van der Waals surface area contributed by atoms with Gasteiger partial charge in [0.05, 0.1) is 11.7 Å².